The number of hydrogen-bond donors (Lipinski definition) is 0. The molecule has 2 nitrogen and oxygen atoms in total. The van der Waals surface area contributed by atoms with Crippen LogP contribution in [0.3, 0.4) is 0 Å². The van der Waals surface area contributed by atoms with Crippen LogP contribution in [-0.2, 0) is 12.3 Å². The van der Waals surface area contributed by atoms with E-state index in [0.29, 0.717) is 11.4 Å². The summed E-state index contributed by atoms with van der Waals surface area (Å²) in [5.74, 6) is 0.0752. The van der Waals surface area contributed by atoms with Crippen LogP contribution in [-0.4, -0.2) is 12.0 Å². The number of halogens is 2. The molecule has 19 heavy (non-hydrogen) atoms. The van der Waals surface area contributed by atoms with E-state index < -0.39 is 0 Å². The zero-order valence-electron chi connectivity index (χ0n) is 11.0. The van der Waals surface area contributed by atoms with Gasteiger partial charge in [-0.05, 0) is 30.2 Å². The van der Waals surface area contributed by atoms with Crippen molar-refractivity contribution in [1.29, 1.82) is 0 Å². The lowest BCUT2D eigenvalue weighted by Crippen LogP contribution is -2.14. The number of aryl methyl sites for hydroxylation is 1. The van der Waals surface area contributed by atoms with Crippen LogP contribution < -0.4 is 4.90 Å². The summed E-state index contributed by atoms with van der Waals surface area (Å²) in [5, 5.41) is 0. The third-order valence-corrected chi connectivity index (χ3v) is 3.43. The maximum absolute atomic E-state index is 14.2. The van der Waals surface area contributed by atoms with Gasteiger partial charge in [0.05, 0.1) is 5.88 Å². The monoisotopic (exact) mass is 278 g/mol. The van der Waals surface area contributed by atoms with Crippen LogP contribution in [0.4, 0.5) is 15.9 Å². The number of anilines is 2. The second kappa shape index (κ2) is 6.02. The number of hydrogen-bond acceptors (Lipinski definition) is 2. The van der Waals surface area contributed by atoms with E-state index >= 15 is 0 Å². The van der Waals surface area contributed by atoms with E-state index in [0.717, 1.165) is 12.1 Å². The van der Waals surface area contributed by atoms with Crippen molar-refractivity contribution in [2.45, 2.75) is 19.2 Å². The van der Waals surface area contributed by atoms with E-state index in [4.69, 9.17) is 11.6 Å². The molecule has 0 fully saturated rings. The number of nitrogens with zero attached hydrogens (tertiary/aromatic N) is 2. The zero-order valence-corrected chi connectivity index (χ0v) is 11.8. The fourth-order valence-corrected chi connectivity index (χ4v) is 2.09. The average Bonchev–Trinajstić information content (AvgIpc) is 2.47. The topological polar surface area (TPSA) is 16.1 Å². The van der Waals surface area contributed by atoms with Gasteiger partial charge in [-0.1, -0.05) is 19.1 Å². The molecule has 0 spiro atoms. The van der Waals surface area contributed by atoms with Gasteiger partial charge in [0, 0.05) is 24.5 Å². The molecule has 0 atom stereocenters. The van der Waals surface area contributed by atoms with Gasteiger partial charge in [0.15, 0.2) is 11.6 Å². The average molecular weight is 279 g/mol. The van der Waals surface area contributed by atoms with Gasteiger partial charge in [-0.15, -0.1) is 11.6 Å². The van der Waals surface area contributed by atoms with Gasteiger partial charge in [-0.3, -0.25) is 0 Å². The number of alkyl halides is 1. The van der Waals surface area contributed by atoms with Gasteiger partial charge in [0.25, 0.3) is 0 Å². The lowest BCUT2D eigenvalue weighted by molar-refractivity contribution is 0.610. The Morgan fingerprint density at radius 2 is 1.89 bits per heavy atom. The molecule has 0 aliphatic heterocycles. The number of pyridine rings is 1. The molecule has 1 heterocycles. The molecule has 2 aromatic rings. The van der Waals surface area contributed by atoms with E-state index in [9.17, 15) is 4.39 Å². The van der Waals surface area contributed by atoms with E-state index in [1.165, 1.54) is 5.56 Å². The summed E-state index contributed by atoms with van der Waals surface area (Å²) in [6.07, 6.45) is 2.56. The van der Waals surface area contributed by atoms with Crippen molar-refractivity contribution in [2.75, 3.05) is 11.9 Å². The summed E-state index contributed by atoms with van der Waals surface area (Å²) in [5.41, 5.74) is 2.61. The van der Waals surface area contributed by atoms with Gasteiger partial charge < -0.3 is 4.90 Å². The van der Waals surface area contributed by atoms with Crippen LogP contribution in [0.5, 0.6) is 0 Å². The highest BCUT2D eigenvalue weighted by molar-refractivity contribution is 6.17. The predicted octanol–water partition coefficient (Wildman–Crippen LogP) is 4.29. The Balaban J connectivity index is 2.35. The van der Waals surface area contributed by atoms with Crippen molar-refractivity contribution in [3.05, 3.63) is 53.5 Å². The van der Waals surface area contributed by atoms with Crippen LogP contribution in [0.25, 0.3) is 0 Å². The molecule has 0 bridgehead atoms. The molecule has 0 aliphatic rings. The first kappa shape index (κ1) is 13.8. The Hall–Kier alpha value is -1.61. The van der Waals surface area contributed by atoms with Gasteiger partial charge in [-0.25, -0.2) is 9.37 Å². The quantitative estimate of drug-likeness (QED) is 0.776. The molecule has 1 aromatic carbocycles. The number of rotatable bonds is 4. The second-order valence-electron chi connectivity index (χ2n) is 4.32. The molecule has 0 radical (unpaired) electrons. The number of aromatic nitrogens is 1. The third kappa shape index (κ3) is 2.87. The smallest absolute Gasteiger partial charge is 0.170 e. The molecule has 0 saturated heterocycles. The minimum Gasteiger partial charge on any atom is -0.327 e. The normalized spacial score (nSPS) is 10.5. The standard InChI is InChI=1S/C15H16ClFN2/c1-3-11-4-6-13(7-5-11)19(2)15-14(17)12(10-16)8-9-18-15/h4-9H,3,10H2,1-2H3. The van der Waals surface area contributed by atoms with Crippen molar-refractivity contribution in [2.24, 2.45) is 0 Å². The molecule has 2 rings (SSSR count). The van der Waals surface area contributed by atoms with E-state index in [2.05, 4.69) is 11.9 Å². The SMILES string of the molecule is CCc1ccc(N(C)c2nccc(CCl)c2F)cc1. The van der Waals surface area contributed by atoms with Crippen LogP contribution >= 0.6 is 11.6 Å². The highest BCUT2D eigenvalue weighted by Gasteiger charge is 2.14. The highest BCUT2D eigenvalue weighted by atomic mass is 35.5. The van der Waals surface area contributed by atoms with Crippen LogP contribution in [0.1, 0.15) is 18.1 Å². The minimum absolute atomic E-state index is 0.143. The highest BCUT2D eigenvalue weighted by Crippen LogP contribution is 2.26. The molecular formula is C15H16ClFN2. The van der Waals surface area contributed by atoms with E-state index in [1.54, 1.807) is 24.2 Å². The van der Waals surface area contributed by atoms with E-state index in [-0.39, 0.29) is 11.7 Å². The summed E-state index contributed by atoms with van der Waals surface area (Å²) in [6.45, 7) is 2.10. The molecule has 100 valence electrons. The molecule has 0 amide bonds. The van der Waals surface area contributed by atoms with Crippen molar-refractivity contribution < 1.29 is 4.39 Å². The van der Waals surface area contributed by atoms with Crippen molar-refractivity contribution in [1.82, 2.24) is 4.98 Å². The fraction of sp³-hybridized carbons (Fsp3) is 0.267. The fourth-order valence-electron chi connectivity index (χ4n) is 1.89. The van der Waals surface area contributed by atoms with Crippen LogP contribution in [0, 0.1) is 5.82 Å². The Bertz CT molecular complexity index is 555. The second-order valence-corrected chi connectivity index (χ2v) is 4.59. The summed E-state index contributed by atoms with van der Waals surface area (Å²) >= 11 is 5.71. The molecule has 1 aromatic heterocycles. The molecule has 0 saturated carbocycles. The van der Waals surface area contributed by atoms with Gasteiger partial charge in [-0.2, -0.15) is 0 Å². The van der Waals surface area contributed by atoms with E-state index in [1.807, 2.05) is 24.3 Å². The first-order valence-electron chi connectivity index (χ1n) is 6.19. The first-order chi connectivity index (χ1) is 9.17. The summed E-state index contributed by atoms with van der Waals surface area (Å²) < 4.78 is 14.2. The third-order valence-electron chi connectivity index (χ3n) is 3.14. The molecule has 0 N–H and O–H groups in total. The lowest BCUT2D eigenvalue weighted by Gasteiger charge is -2.20. The van der Waals surface area contributed by atoms with Crippen molar-refractivity contribution in [3.8, 4) is 0 Å². The molecular weight excluding hydrogens is 263 g/mol. The zero-order chi connectivity index (χ0) is 13.8. The first-order valence-corrected chi connectivity index (χ1v) is 6.72. The Morgan fingerprint density at radius 3 is 2.47 bits per heavy atom. The van der Waals surface area contributed by atoms with Gasteiger partial charge in [0.1, 0.15) is 0 Å². The maximum Gasteiger partial charge on any atom is 0.170 e. The Morgan fingerprint density at radius 1 is 1.21 bits per heavy atom. The Kier molecular flexibility index (Phi) is 4.38. The van der Waals surface area contributed by atoms with Gasteiger partial charge >= 0.3 is 0 Å². The molecule has 0 aliphatic carbocycles. The summed E-state index contributed by atoms with van der Waals surface area (Å²) in [6, 6.07) is 9.60. The molecule has 0 unspecified atom stereocenters. The minimum atomic E-state index is -0.362. The molecule has 4 heteroatoms. The largest absolute Gasteiger partial charge is 0.327 e. The van der Waals surface area contributed by atoms with Crippen molar-refractivity contribution >= 4 is 23.1 Å². The maximum atomic E-state index is 14.2. The van der Waals surface area contributed by atoms with Gasteiger partial charge in [0.2, 0.25) is 0 Å². The predicted molar refractivity (Wildman–Crippen MR) is 77.6 cm³/mol. The van der Waals surface area contributed by atoms with Crippen molar-refractivity contribution in [3.63, 3.8) is 0 Å². The lowest BCUT2D eigenvalue weighted by atomic mass is 10.1. The van der Waals surface area contributed by atoms with Crippen LogP contribution in [0.2, 0.25) is 0 Å². The van der Waals surface area contributed by atoms with Crippen LogP contribution in [0.15, 0.2) is 36.5 Å². The Labute approximate surface area is 117 Å². The number of benzene rings is 1. The summed E-state index contributed by atoms with van der Waals surface area (Å²) in [4.78, 5) is 5.83. The summed E-state index contributed by atoms with van der Waals surface area (Å²) in [7, 11) is 1.80.